The molecule has 0 fully saturated rings. The molecule has 0 aliphatic heterocycles. The molecule has 150 valence electrons. The lowest BCUT2D eigenvalue weighted by atomic mass is 10.2. The van der Waals surface area contributed by atoms with Crippen LogP contribution in [0.3, 0.4) is 0 Å². The predicted molar refractivity (Wildman–Crippen MR) is 121 cm³/mol. The average Bonchev–Trinajstić information content (AvgIpc) is 3.19. The zero-order valence-corrected chi connectivity index (χ0v) is 18.4. The van der Waals surface area contributed by atoms with Crippen LogP contribution in [-0.2, 0) is 11.2 Å². The molecule has 2 aromatic carbocycles. The molecular formula is C22H17BrN4O2S. The summed E-state index contributed by atoms with van der Waals surface area (Å²) in [5, 5.41) is 5.74. The fraction of sp³-hybridized carbons (Fsp3) is 0.0909. The average molecular weight is 481 g/mol. The SMILES string of the molecule is Cc1cc(Oc2ncccn2)ccc1NC(=O)Cc1csc(-c2cccc(Br)c2)n1. The second-order valence-electron chi connectivity index (χ2n) is 6.49. The van der Waals surface area contributed by atoms with Gasteiger partial charge in [-0.1, -0.05) is 28.1 Å². The minimum Gasteiger partial charge on any atom is -0.424 e. The summed E-state index contributed by atoms with van der Waals surface area (Å²) in [5.41, 5.74) is 3.37. The first-order valence-corrected chi connectivity index (χ1v) is 10.8. The molecule has 1 amide bonds. The topological polar surface area (TPSA) is 77.0 Å². The number of nitrogens with one attached hydrogen (secondary N) is 1. The molecule has 0 unspecified atom stereocenters. The number of benzene rings is 2. The van der Waals surface area contributed by atoms with Crippen LogP contribution in [0.1, 0.15) is 11.3 Å². The second kappa shape index (κ2) is 9.15. The van der Waals surface area contributed by atoms with Crippen LogP contribution in [0.2, 0.25) is 0 Å². The number of ether oxygens (including phenoxy) is 1. The van der Waals surface area contributed by atoms with Crippen molar-refractivity contribution in [1.82, 2.24) is 15.0 Å². The summed E-state index contributed by atoms with van der Waals surface area (Å²) in [6.45, 7) is 1.91. The molecule has 0 spiro atoms. The van der Waals surface area contributed by atoms with E-state index in [1.54, 1.807) is 30.6 Å². The lowest BCUT2D eigenvalue weighted by Gasteiger charge is -2.10. The number of nitrogens with zero attached hydrogens (tertiary/aromatic N) is 3. The van der Waals surface area contributed by atoms with Gasteiger partial charge in [0, 0.05) is 33.5 Å². The van der Waals surface area contributed by atoms with Crippen molar-refractivity contribution in [2.75, 3.05) is 5.32 Å². The van der Waals surface area contributed by atoms with Crippen molar-refractivity contribution in [2.24, 2.45) is 0 Å². The summed E-state index contributed by atoms with van der Waals surface area (Å²) in [7, 11) is 0. The first-order valence-electron chi connectivity index (χ1n) is 9.12. The summed E-state index contributed by atoms with van der Waals surface area (Å²) in [6.07, 6.45) is 3.44. The molecule has 0 saturated heterocycles. The molecule has 6 nitrogen and oxygen atoms in total. The van der Waals surface area contributed by atoms with E-state index >= 15 is 0 Å². The van der Waals surface area contributed by atoms with E-state index in [-0.39, 0.29) is 18.3 Å². The highest BCUT2D eigenvalue weighted by atomic mass is 79.9. The normalized spacial score (nSPS) is 10.6. The molecule has 2 aromatic heterocycles. The lowest BCUT2D eigenvalue weighted by Crippen LogP contribution is -2.15. The first kappa shape index (κ1) is 20.2. The monoisotopic (exact) mass is 480 g/mol. The summed E-state index contributed by atoms with van der Waals surface area (Å²) in [6, 6.07) is 15.4. The number of hydrogen-bond acceptors (Lipinski definition) is 6. The van der Waals surface area contributed by atoms with E-state index in [4.69, 9.17) is 4.74 Å². The summed E-state index contributed by atoms with van der Waals surface area (Å²) >= 11 is 5.00. The van der Waals surface area contributed by atoms with Gasteiger partial charge in [-0.3, -0.25) is 4.79 Å². The van der Waals surface area contributed by atoms with Crippen molar-refractivity contribution in [1.29, 1.82) is 0 Å². The fourth-order valence-electron chi connectivity index (χ4n) is 2.78. The number of carbonyl (C=O) groups is 1. The van der Waals surface area contributed by atoms with Gasteiger partial charge >= 0.3 is 6.01 Å². The molecule has 0 radical (unpaired) electrons. The van der Waals surface area contributed by atoms with Gasteiger partial charge in [0.1, 0.15) is 10.8 Å². The van der Waals surface area contributed by atoms with Crippen molar-refractivity contribution >= 4 is 38.9 Å². The molecule has 0 aliphatic rings. The van der Waals surface area contributed by atoms with Crippen molar-refractivity contribution in [3.63, 3.8) is 0 Å². The first-order chi connectivity index (χ1) is 14.6. The van der Waals surface area contributed by atoms with Crippen molar-refractivity contribution in [3.8, 4) is 22.3 Å². The van der Waals surface area contributed by atoms with E-state index in [0.29, 0.717) is 5.75 Å². The van der Waals surface area contributed by atoms with Crippen molar-refractivity contribution < 1.29 is 9.53 Å². The van der Waals surface area contributed by atoms with E-state index in [0.717, 1.165) is 32.0 Å². The Morgan fingerprint density at radius 2 is 1.97 bits per heavy atom. The molecule has 0 atom stereocenters. The van der Waals surface area contributed by atoms with Gasteiger partial charge in [0.2, 0.25) is 5.91 Å². The molecule has 0 bridgehead atoms. The molecule has 30 heavy (non-hydrogen) atoms. The highest BCUT2D eigenvalue weighted by molar-refractivity contribution is 9.10. The van der Waals surface area contributed by atoms with Gasteiger partial charge in [-0.15, -0.1) is 11.3 Å². The Hall–Kier alpha value is -3.10. The minimum atomic E-state index is -0.121. The summed E-state index contributed by atoms with van der Waals surface area (Å²) in [5.74, 6) is 0.485. The van der Waals surface area contributed by atoms with Gasteiger partial charge in [-0.25, -0.2) is 15.0 Å². The standard InChI is InChI=1S/C22H17BrN4O2S/c1-14-10-18(29-22-24-8-3-9-25-22)6-7-19(14)27-20(28)12-17-13-30-21(26-17)15-4-2-5-16(23)11-15/h2-11,13H,12H2,1H3,(H,27,28). The minimum absolute atomic E-state index is 0.121. The second-order valence-corrected chi connectivity index (χ2v) is 8.26. The largest absolute Gasteiger partial charge is 0.424 e. The molecule has 8 heteroatoms. The lowest BCUT2D eigenvalue weighted by molar-refractivity contribution is -0.115. The molecule has 4 aromatic rings. The van der Waals surface area contributed by atoms with Crippen LogP contribution >= 0.6 is 27.3 Å². The number of thiazole rings is 1. The van der Waals surface area contributed by atoms with E-state index in [1.807, 2.05) is 42.6 Å². The van der Waals surface area contributed by atoms with E-state index in [9.17, 15) is 4.79 Å². The van der Waals surface area contributed by atoms with Crippen LogP contribution in [0.15, 0.2) is 70.8 Å². The number of amides is 1. The van der Waals surface area contributed by atoms with E-state index < -0.39 is 0 Å². The Bertz CT molecular complexity index is 1180. The molecule has 2 heterocycles. The number of rotatable bonds is 6. The maximum Gasteiger partial charge on any atom is 0.321 e. The van der Waals surface area contributed by atoms with Crippen LogP contribution < -0.4 is 10.1 Å². The molecular weight excluding hydrogens is 464 g/mol. The number of carbonyl (C=O) groups excluding carboxylic acids is 1. The Morgan fingerprint density at radius 3 is 2.73 bits per heavy atom. The molecule has 1 N–H and O–H groups in total. The van der Waals surface area contributed by atoms with Gasteiger partial charge in [0.25, 0.3) is 0 Å². The third-order valence-corrected chi connectivity index (χ3v) is 5.62. The predicted octanol–water partition coefficient (Wildman–Crippen LogP) is 5.64. The van der Waals surface area contributed by atoms with Gasteiger partial charge in [0.15, 0.2) is 0 Å². The molecule has 4 rings (SSSR count). The third-order valence-electron chi connectivity index (χ3n) is 4.19. The van der Waals surface area contributed by atoms with Crippen LogP contribution in [0.25, 0.3) is 10.6 Å². The van der Waals surface area contributed by atoms with Crippen LogP contribution in [-0.4, -0.2) is 20.9 Å². The van der Waals surface area contributed by atoms with Crippen molar-refractivity contribution in [3.05, 3.63) is 82.0 Å². The third kappa shape index (κ3) is 5.08. The van der Waals surface area contributed by atoms with Crippen molar-refractivity contribution in [2.45, 2.75) is 13.3 Å². The Morgan fingerprint density at radius 1 is 1.13 bits per heavy atom. The Balaban J connectivity index is 1.39. The highest BCUT2D eigenvalue weighted by Crippen LogP contribution is 2.27. The molecule has 0 aliphatic carbocycles. The maximum atomic E-state index is 12.5. The van der Waals surface area contributed by atoms with Gasteiger partial charge in [-0.2, -0.15) is 0 Å². The van der Waals surface area contributed by atoms with Gasteiger partial charge in [-0.05, 0) is 48.9 Å². The maximum absolute atomic E-state index is 12.5. The molecule has 0 saturated carbocycles. The summed E-state index contributed by atoms with van der Waals surface area (Å²) < 4.78 is 6.62. The number of halogens is 1. The summed E-state index contributed by atoms with van der Waals surface area (Å²) in [4.78, 5) is 25.2. The number of aromatic nitrogens is 3. The zero-order valence-electron chi connectivity index (χ0n) is 16.0. The Labute approximate surface area is 186 Å². The number of anilines is 1. The smallest absolute Gasteiger partial charge is 0.321 e. The van der Waals surface area contributed by atoms with E-state index in [1.165, 1.54) is 11.3 Å². The van der Waals surface area contributed by atoms with Crippen LogP contribution in [0, 0.1) is 6.92 Å². The fourth-order valence-corrected chi connectivity index (χ4v) is 4.00. The number of aryl methyl sites for hydroxylation is 1. The number of hydrogen-bond donors (Lipinski definition) is 1. The highest BCUT2D eigenvalue weighted by Gasteiger charge is 2.11. The quantitative estimate of drug-likeness (QED) is 0.386. The van der Waals surface area contributed by atoms with Gasteiger partial charge in [0.05, 0.1) is 12.1 Å². The van der Waals surface area contributed by atoms with Crippen LogP contribution in [0.4, 0.5) is 5.69 Å². The van der Waals surface area contributed by atoms with Crippen LogP contribution in [0.5, 0.6) is 11.8 Å². The Kier molecular flexibility index (Phi) is 6.15. The van der Waals surface area contributed by atoms with E-state index in [2.05, 4.69) is 36.2 Å². The van der Waals surface area contributed by atoms with Gasteiger partial charge < -0.3 is 10.1 Å². The zero-order chi connectivity index (χ0) is 20.9.